The van der Waals surface area contributed by atoms with Crippen molar-refractivity contribution in [2.75, 3.05) is 12.4 Å². The van der Waals surface area contributed by atoms with Crippen LogP contribution in [0.4, 0.5) is 5.82 Å². The lowest BCUT2D eigenvalue weighted by atomic mass is 9.96. The van der Waals surface area contributed by atoms with Crippen LogP contribution in [0.3, 0.4) is 0 Å². The Kier molecular flexibility index (Phi) is 4.23. The lowest BCUT2D eigenvalue weighted by Gasteiger charge is -2.17. The van der Waals surface area contributed by atoms with E-state index in [0.29, 0.717) is 0 Å². The summed E-state index contributed by atoms with van der Waals surface area (Å²) in [6, 6.07) is 9.88. The van der Waals surface area contributed by atoms with E-state index in [0.717, 1.165) is 23.9 Å². The summed E-state index contributed by atoms with van der Waals surface area (Å²) < 4.78 is 5.14. The van der Waals surface area contributed by atoms with Gasteiger partial charge in [0.1, 0.15) is 17.4 Å². The number of nitrogens with one attached hydrogen (secondary N) is 1. The van der Waals surface area contributed by atoms with Crippen LogP contribution in [0, 0.1) is 0 Å². The van der Waals surface area contributed by atoms with E-state index in [9.17, 15) is 0 Å². The molecule has 0 aliphatic rings. The van der Waals surface area contributed by atoms with Gasteiger partial charge >= 0.3 is 0 Å². The highest BCUT2D eigenvalue weighted by molar-refractivity contribution is 5.36. The van der Waals surface area contributed by atoms with E-state index >= 15 is 0 Å². The van der Waals surface area contributed by atoms with Gasteiger partial charge in [0, 0.05) is 18.2 Å². The minimum absolute atomic E-state index is 0.0438. The highest BCUT2D eigenvalue weighted by Gasteiger charge is 2.17. The average Bonchev–Trinajstić information content (AvgIpc) is 2.45. The Morgan fingerprint density at radius 3 is 2.40 bits per heavy atom. The number of hydrogen-bond acceptors (Lipinski definition) is 4. The Morgan fingerprint density at radius 2 is 1.80 bits per heavy atom. The van der Waals surface area contributed by atoms with E-state index in [1.807, 2.05) is 30.3 Å². The van der Waals surface area contributed by atoms with Crippen LogP contribution in [0.5, 0.6) is 5.75 Å². The van der Waals surface area contributed by atoms with Gasteiger partial charge in [-0.25, -0.2) is 9.97 Å². The molecule has 0 spiro atoms. The van der Waals surface area contributed by atoms with Gasteiger partial charge in [-0.2, -0.15) is 0 Å². The lowest BCUT2D eigenvalue weighted by molar-refractivity contribution is 0.414. The molecule has 0 aliphatic carbocycles. The fourth-order valence-corrected chi connectivity index (χ4v) is 1.75. The van der Waals surface area contributed by atoms with Gasteiger partial charge in [-0.15, -0.1) is 0 Å². The largest absolute Gasteiger partial charge is 0.497 e. The molecule has 0 bridgehead atoms. The zero-order chi connectivity index (χ0) is 14.6. The van der Waals surface area contributed by atoms with Gasteiger partial charge in [0.05, 0.1) is 7.11 Å². The highest BCUT2D eigenvalue weighted by Crippen LogP contribution is 2.19. The van der Waals surface area contributed by atoms with Crippen molar-refractivity contribution < 1.29 is 4.74 Å². The molecule has 0 saturated carbocycles. The molecular weight excluding hydrogens is 250 g/mol. The molecule has 0 saturated heterocycles. The molecule has 0 radical (unpaired) electrons. The number of rotatable bonds is 4. The quantitative estimate of drug-likeness (QED) is 0.926. The Morgan fingerprint density at radius 1 is 1.10 bits per heavy atom. The third-order valence-electron chi connectivity index (χ3n) is 2.96. The first-order valence-electron chi connectivity index (χ1n) is 6.69. The van der Waals surface area contributed by atoms with Crippen LogP contribution >= 0.6 is 0 Å². The van der Waals surface area contributed by atoms with E-state index in [1.54, 1.807) is 13.3 Å². The number of hydrogen-bond donors (Lipinski definition) is 1. The van der Waals surface area contributed by atoms with Crippen LogP contribution in [-0.4, -0.2) is 17.1 Å². The van der Waals surface area contributed by atoms with Crippen molar-refractivity contribution in [1.29, 1.82) is 0 Å². The molecule has 20 heavy (non-hydrogen) atoms. The molecule has 1 N–H and O–H groups in total. The summed E-state index contributed by atoms with van der Waals surface area (Å²) >= 11 is 0. The van der Waals surface area contributed by atoms with E-state index in [-0.39, 0.29) is 5.41 Å². The second kappa shape index (κ2) is 5.90. The van der Waals surface area contributed by atoms with Gasteiger partial charge in [-0.1, -0.05) is 32.9 Å². The predicted molar refractivity (Wildman–Crippen MR) is 81.1 cm³/mol. The number of anilines is 1. The van der Waals surface area contributed by atoms with Gasteiger partial charge in [-0.3, -0.25) is 0 Å². The molecule has 4 heteroatoms. The molecule has 2 rings (SSSR count). The van der Waals surface area contributed by atoms with Crippen molar-refractivity contribution in [3.8, 4) is 5.75 Å². The topological polar surface area (TPSA) is 47.0 Å². The molecule has 0 aliphatic heterocycles. The molecule has 106 valence electrons. The maximum atomic E-state index is 5.14. The number of methoxy groups -OCH3 is 1. The van der Waals surface area contributed by atoms with Crippen molar-refractivity contribution >= 4 is 5.82 Å². The van der Waals surface area contributed by atoms with E-state index in [4.69, 9.17) is 4.74 Å². The van der Waals surface area contributed by atoms with Crippen molar-refractivity contribution in [2.45, 2.75) is 32.7 Å². The second-order valence-electron chi connectivity index (χ2n) is 5.72. The third-order valence-corrected chi connectivity index (χ3v) is 2.96. The van der Waals surface area contributed by atoms with E-state index in [2.05, 4.69) is 36.1 Å². The summed E-state index contributed by atoms with van der Waals surface area (Å²) in [7, 11) is 1.67. The average molecular weight is 271 g/mol. The molecule has 4 nitrogen and oxygen atoms in total. The summed E-state index contributed by atoms with van der Waals surface area (Å²) in [6.45, 7) is 7.05. The van der Waals surface area contributed by atoms with Gasteiger partial charge in [0.15, 0.2) is 0 Å². The maximum absolute atomic E-state index is 5.14. The van der Waals surface area contributed by atoms with E-state index in [1.165, 1.54) is 5.56 Å². The highest BCUT2D eigenvalue weighted by atomic mass is 16.5. The van der Waals surface area contributed by atoms with Crippen LogP contribution < -0.4 is 10.1 Å². The number of ether oxygens (including phenoxy) is 1. The summed E-state index contributed by atoms with van der Waals surface area (Å²) in [5, 5.41) is 3.32. The van der Waals surface area contributed by atoms with Crippen LogP contribution in [0.1, 0.15) is 32.2 Å². The van der Waals surface area contributed by atoms with Gasteiger partial charge in [-0.05, 0) is 23.8 Å². The monoisotopic (exact) mass is 271 g/mol. The number of nitrogens with zero attached hydrogens (tertiary/aromatic N) is 2. The maximum Gasteiger partial charge on any atom is 0.135 e. The molecule has 0 amide bonds. The standard InChI is InChI=1S/C16H21N3O/c1-16(2,3)15-17-10-9-14(19-15)18-11-12-5-7-13(20-4)8-6-12/h5-10H,11H2,1-4H3,(H,17,18,19). The zero-order valence-corrected chi connectivity index (χ0v) is 12.5. The number of benzene rings is 1. The van der Waals surface area contributed by atoms with Gasteiger partial charge in [0.25, 0.3) is 0 Å². The third kappa shape index (κ3) is 3.70. The lowest BCUT2D eigenvalue weighted by Crippen LogP contribution is -2.16. The first-order chi connectivity index (χ1) is 9.49. The minimum atomic E-state index is -0.0438. The van der Waals surface area contributed by atoms with Crippen molar-refractivity contribution in [3.63, 3.8) is 0 Å². The van der Waals surface area contributed by atoms with Crippen LogP contribution in [0.25, 0.3) is 0 Å². The summed E-state index contributed by atoms with van der Waals surface area (Å²) in [6.07, 6.45) is 1.80. The smallest absolute Gasteiger partial charge is 0.135 e. The molecule has 0 atom stereocenters. The molecule has 0 fully saturated rings. The van der Waals surface area contributed by atoms with Crippen molar-refractivity contribution in [3.05, 3.63) is 47.9 Å². The fourth-order valence-electron chi connectivity index (χ4n) is 1.75. The van der Waals surface area contributed by atoms with Crippen molar-refractivity contribution in [2.24, 2.45) is 0 Å². The summed E-state index contributed by atoms with van der Waals surface area (Å²) in [5.74, 6) is 2.56. The fraction of sp³-hybridized carbons (Fsp3) is 0.375. The Balaban J connectivity index is 2.03. The zero-order valence-electron chi connectivity index (χ0n) is 12.5. The molecule has 0 unspecified atom stereocenters. The molecule has 2 aromatic rings. The SMILES string of the molecule is COc1ccc(CNc2ccnc(C(C)(C)C)n2)cc1. The van der Waals surface area contributed by atoms with Crippen molar-refractivity contribution in [1.82, 2.24) is 9.97 Å². The molecular formula is C16H21N3O. The molecule has 1 heterocycles. The van der Waals surface area contributed by atoms with E-state index < -0.39 is 0 Å². The van der Waals surface area contributed by atoms with Crippen LogP contribution in [0.2, 0.25) is 0 Å². The normalized spacial score (nSPS) is 11.2. The number of aromatic nitrogens is 2. The van der Waals surface area contributed by atoms with Gasteiger partial charge in [0.2, 0.25) is 0 Å². The van der Waals surface area contributed by atoms with Crippen LogP contribution in [-0.2, 0) is 12.0 Å². The Labute approximate surface area is 120 Å². The predicted octanol–water partition coefficient (Wildman–Crippen LogP) is 3.39. The second-order valence-corrected chi connectivity index (χ2v) is 5.72. The molecule has 1 aromatic carbocycles. The minimum Gasteiger partial charge on any atom is -0.497 e. The summed E-state index contributed by atoms with van der Waals surface area (Å²) in [5.41, 5.74) is 1.14. The Bertz CT molecular complexity index is 559. The molecule has 1 aromatic heterocycles. The van der Waals surface area contributed by atoms with Gasteiger partial charge < -0.3 is 10.1 Å². The van der Waals surface area contributed by atoms with Crippen LogP contribution in [0.15, 0.2) is 36.5 Å². The summed E-state index contributed by atoms with van der Waals surface area (Å²) in [4.78, 5) is 8.87. The first kappa shape index (κ1) is 14.3. The first-order valence-corrected chi connectivity index (χ1v) is 6.69. The Hall–Kier alpha value is -2.10.